The monoisotopic (exact) mass is 479 g/mol. The van der Waals surface area contributed by atoms with Gasteiger partial charge in [-0.25, -0.2) is 4.59 Å². The zero-order valence-corrected chi connectivity index (χ0v) is 19.9. The fourth-order valence-corrected chi connectivity index (χ4v) is 5.09. The van der Waals surface area contributed by atoms with E-state index in [4.69, 9.17) is 39.9 Å². The Bertz CT molecular complexity index is 1000. The van der Waals surface area contributed by atoms with Gasteiger partial charge in [-0.3, -0.25) is 9.80 Å². The number of nitrogens with zero attached hydrogens (tertiary/aromatic N) is 3. The molecule has 0 bridgehead atoms. The van der Waals surface area contributed by atoms with E-state index < -0.39 is 0 Å². The molecule has 2 aliphatic heterocycles. The van der Waals surface area contributed by atoms with Crippen molar-refractivity contribution in [2.45, 2.75) is 32.2 Å². The van der Waals surface area contributed by atoms with Crippen LogP contribution in [0, 0.1) is 5.92 Å². The fourth-order valence-electron chi connectivity index (χ4n) is 4.47. The molecule has 31 heavy (non-hydrogen) atoms. The van der Waals surface area contributed by atoms with Crippen molar-refractivity contribution in [3.05, 3.63) is 63.1 Å². The van der Waals surface area contributed by atoms with E-state index in [9.17, 15) is 4.79 Å². The summed E-state index contributed by atoms with van der Waals surface area (Å²) in [5.41, 5.74) is 5.42. The highest BCUT2D eigenvalue weighted by atomic mass is 35.5. The van der Waals surface area contributed by atoms with Crippen LogP contribution >= 0.6 is 34.8 Å². The molecule has 0 aromatic heterocycles. The van der Waals surface area contributed by atoms with E-state index >= 15 is 0 Å². The number of hydrogen-bond acceptors (Lipinski definition) is 3. The number of hydrogen-bond donors (Lipinski definition) is 1. The molecule has 5 nitrogen and oxygen atoms in total. The number of hydrazone groups is 1. The van der Waals surface area contributed by atoms with Crippen LogP contribution in [0.4, 0.5) is 5.69 Å². The Morgan fingerprint density at radius 2 is 1.68 bits per heavy atom. The second-order valence-corrected chi connectivity index (χ2v) is 9.84. The first-order chi connectivity index (χ1) is 14.8. The van der Waals surface area contributed by atoms with Crippen molar-refractivity contribution in [3.63, 3.8) is 0 Å². The highest BCUT2D eigenvalue weighted by molar-refractivity contribution is 6.40. The Kier molecular flexibility index (Phi) is 6.50. The van der Waals surface area contributed by atoms with Gasteiger partial charge in [-0.2, -0.15) is 10.5 Å². The number of halogens is 3. The van der Waals surface area contributed by atoms with Gasteiger partial charge in [0.15, 0.2) is 0 Å². The molecule has 2 heterocycles. The van der Waals surface area contributed by atoms with Gasteiger partial charge < -0.3 is 0 Å². The van der Waals surface area contributed by atoms with E-state index in [0.29, 0.717) is 31.1 Å². The average molecular weight is 481 g/mol. The molecular weight excluding hydrogens is 455 g/mol. The zero-order valence-electron chi connectivity index (χ0n) is 17.6. The number of rotatable bonds is 4. The molecule has 1 amide bonds. The van der Waals surface area contributed by atoms with Crippen molar-refractivity contribution in [2.24, 2.45) is 11.0 Å². The molecule has 8 heteroatoms. The molecule has 0 spiro atoms. The molecule has 2 aromatic carbocycles. The van der Waals surface area contributed by atoms with Crippen molar-refractivity contribution in [1.82, 2.24) is 5.43 Å². The minimum atomic E-state index is -0.191. The first-order valence-corrected chi connectivity index (χ1v) is 11.7. The summed E-state index contributed by atoms with van der Waals surface area (Å²) in [6.07, 6.45) is 3.43. The van der Waals surface area contributed by atoms with Gasteiger partial charge in [0.25, 0.3) is 0 Å². The Morgan fingerprint density at radius 3 is 2.32 bits per heavy atom. The Morgan fingerprint density at radius 1 is 1.03 bits per heavy atom. The molecule has 0 saturated carbocycles. The fraction of sp³-hybridized carbons (Fsp3) is 0.391. The minimum Gasteiger partial charge on any atom is -0.263 e. The predicted octanol–water partition coefficient (Wildman–Crippen LogP) is 5.86. The van der Waals surface area contributed by atoms with E-state index in [1.54, 1.807) is 12.1 Å². The van der Waals surface area contributed by atoms with Gasteiger partial charge in [-0.1, -0.05) is 53.9 Å². The summed E-state index contributed by atoms with van der Waals surface area (Å²) >= 11 is 18.7. The molecule has 164 valence electrons. The van der Waals surface area contributed by atoms with Crippen LogP contribution in [0.15, 0.2) is 47.6 Å². The smallest absolute Gasteiger partial charge is 0.263 e. The number of nitrogens with one attached hydrogen (secondary N) is 1. The lowest BCUT2D eigenvalue weighted by Crippen LogP contribution is -2.61. The number of likely N-dealkylation sites (tertiary alicyclic amines) is 1. The largest absolute Gasteiger partial charge is 0.312 e. The average Bonchev–Trinajstić information content (AvgIpc) is 3.06. The van der Waals surface area contributed by atoms with Gasteiger partial charge in [-0.05, 0) is 55.2 Å². The van der Waals surface area contributed by atoms with Gasteiger partial charge >= 0.3 is 5.91 Å². The van der Waals surface area contributed by atoms with E-state index in [1.165, 1.54) is 6.42 Å². The quantitative estimate of drug-likeness (QED) is 0.557. The van der Waals surface area contributed by atoms with E-state index in [0.717, 1.165) is 31.5 Å². The van der Waals surface area contributed by atoms with Gasteiger partial charge in [0.1, 0.15) is 18.8 Å². The summed E-state index contributed by atoms with van der Waals surface area (Å²) in [6, 6.07) is 12.7. The van der Waals surface area contributed by atoms with E-state index in [1.807, 2.05) is 42.3 Å². The number of carbonyl (C=O) groups excluding carboxylic acids is 1. The zero-order chi connectivity index (χ0) is 22.2. The van der Waals surface area contributed by atoms with Crippen molar-refractivity contribution in [1.29, 1.82) is 0 Å². The third-order valence-corrected chi connectivity index (χ3v) is 6.95. The van der Waals surface area contributed by atoms with Crippen LogP contribution in [0.3, 0.4) is 0 Å². The van der Waals surface area contributed by atoms with Crippen LogP contribution < -0.4 is 10.4 Å². The third kappa shape index (κ3) is 4.70. The van der Waals surface area contributed by atoms with Gasteiger partial charge in [0.2, 0.25) is 0 Å². The summed E-state index contributed by atoms with van der Waals surface area (Å²) in [6.45, 7) is 3.89. The SMILES string of the molecule is C[C@H]1C(C(=O)N[N+]2(C)CCCCC2)=NN(c2ccc(Cl)cc2Cl)[C@@H]1c1ccc(Cl)cc1. The normalized spacial score (nSPS) is 22.9. The standard InChI is InChI=1S/C23H25Cl3N4O/c1-15-21(23(31)28-30(2)12-4-3-5-13-30)27-29(20-11-10-18(25)14-19(20)26)22(15)16-6-8-17(24)9-7-16/h6-11,14-15,22H,3-5,12-13H2,1-2H3/p+1/t15-,22-/m0/s1. The first kappa shape index (κ1) is 22.4. The molecule has 2 aliphatic rings. The third-order valence-electron chi connectivity index (χ3n) is 6.16. The maximum absolute atomic E-state index is 13.3. The van der Waals surface area contributed by atoms with Crippen LogP contribution in [0.25, 0.3) is 0 Å². The van der Waals surface area contributed by atoms with Crippen molar-refractivity contribution < 1.29 is 9.39 Å². The predicted molar refractivity (Wildman–Crippen MR) is 128 cm³/mol. The molecule has 0 aliphatic carbocycles. The summed E-state index contributed by atoms with van der Waals surface area (Å²) in [5, 5.41) is 8.30. The minimum absolute atomic E-state index is 0.136. The molecule has 4 rings (SSSR count). The van der Waals surface area contributed by atoms with Gasteiger partial charge in [-0.15, -0.1) is 0 Å². The molecule has 1 N–H and O–H groups in total. The highest BCUT2D eigenvalue weighted by Gasteiger charge is 2.42. The second kappa shape index (κ2) is 8.99. The lowest BCUT2D eigenvalue weighted by atomic mass is 9.91. The lowest BCUT2D eigenvalue weighted by Gasteiger charge is -2.36. The Hall–Kier alpha value is -1.79. The van der Waals surface area contributed by atoms with Crippen molar-refractivity contribution >= 4 is 52.1 Å². The molecule has 2 atom stereocenters. The summed E-state index contributed by atoms with van der Waals surface area (Å²) in [4.78, 5) is 13.3. The molecule has 2 aromatic rings. The summed E-state index contributed by atoms with van der Waals surface area (Å²) in [7, 11) is 2.07. The number of quaternary nitrogens is 1. The van der Waals surface area contributed by atoms with E-state index in [2.05, 4.69) is 12.5 Å². The molecular formula is C23H26Cl3N4O+. The highest BCUT2D eigenvalue weighted by Crippen LogP contribution is 2.42. The summed E-state index contributed by atoms with van der Waals surface area (Å²) in [5.74, 6) is -0.284. The second-order valence-electron chi connectivity index (χ2n) is 8.56. The maximum Gasteiger partial charge on any atom is 0.312 e. The van der Waals surface area contributed by atoms with Crippen molar-refractivity contribution in [2.75, 3.05) is 25.1 Å². The van der Waals surface area contributed by atoms with Crippen LogP contribution in [0.1, 0.15) is 37.8 Å². The summed E-state index contributed by atoms with van der Waals surface area (Å²) < 4.78 is 0.540. The number of carbonyl (C=O) groups is 1. The van der Waals surface area contributed by atoms with E-state index in [-0.39, 0.29) is 17.9 Å². The van der Waals surface area contributed by atoms with Crippen molar-refractivity contribution in [3.8, 4) is 0 Å². The molecule has 1 fully saturated rings. The number of anilines is 1. The molecule has 0 unspecified atom stereocenters. The molecule has 0 radical (unpaired) electrons. The number of piperidine rings is 1. The number of amides is 1. The van der Waals surface area contributed by atoms with Gasteiger partial charge in [0, 0.05) is 16.0 Å². The first-order valence-electron chi connectivity index (χ1n) is 10.5. The van der Waals surface area contributed by atoms with Crippen LogP contribution in [0.2, 0.25) is 15.1 Å². The maximum atomic E-state index is 13.3. The lowest BCUT2D eigenvalue weighted by molar-refractivity contribution is -0.947. The Balaban J connectivity index is 1.70. The van der Waals surface area contributed by atoms with Crippen LogP contribution in [-0.2, 0) is 4.79 Å². The number of benzene rings is 2. The molecule has 1 saturated heterocycles. The van der Waals surface area contributed by atoms with Crippen LogP contribution in [-0.4, -0.2) is 36.3 Å². The topological polar surface area (TPSA) is 44.7 Å². The Labute approximate surface area is 198 Å². The van der Waals surface area contributed by atoms with Crippen LogP contribution in [0.5, 0.6) is 0 Å². The van der Waals surface area contributed by atoms with Gasteiger partial charge in [0.05, 0.1) is 23.8 Å².